The van der Waals surface area contributed by atoms with Crippen LogP contribution in [-0.2, 0) is 0 Å². The molecule has 25 heavy (non-hydrogen) atoms. The van der Waals surface area contributed by atoms with Crippen molar-refractivity contribution in [3.63, 3.8) is 0 Å². The van der Waals surface area contributed by atoms with Gasteiger partial charge in [-0.1, -0.05) is 6.92 Å². The molecule has 0 spiro atoms. The van der Waals surface area contributed by atoms with Gasteiger partial charge in [0.2, 0.25) is 0 Å². The quantitative estimate of drug-likeness (QED) is 0.733. The Bertz CT molecular complexity index is 632. The third-order valence-electron chi connectivity index (χ3n) is 4.41. The Hall–Kier alpha value is -2.33. The van der Waals surface area contributed by atoms with Crippen LogP contribution in [0.4, 0.5) is 14.9 Å². The van der Waals surface area contributed by atoms with Crippen molar-refractivity contribution in [3.8, 4) is 6.07 Å². The highest BCUT2D eigenvalue weighted by Crippen LogP contribution is 2.24. The van der Waals surface area contributed by atoms with Gasteiger partial charge in [-0.2, -0.15) is 5.26 Å². The lowest BCUT2D eigenvalue weighted by Crippen LogP contribution is -2.51. The van der Waals surface area contributed by atoms with Crippen molar-refractivity contribution in [2.75, 3.05) is 31.1 Å². The minimum atomic E-state index is -0.415. The highest BCUT2D eigenvalue weighted by molar-refractivity contribution is 5.74. The average Bonchev–Trinajstić information content (AvgIpc) is 2.60. The number of aliphatic hydroxyl groups excluding tert-OH is 1. The normalized spacial score (nSPS) is 18.3. The smallest absolute Gasteiger partial charge is 0.315 e. The summed E-state index contributed by atoms with van der Waals surface area (Å²) in [5.41, 5.74) is 0.756. The van der Waals surface area contributed by atoms with Gasteiger partial charge in [-0.25, -0.2) is 9.18 Å². The minimum Gasteiger partial charge on any atom is -0.396 e. The van der Waals surface area contributed by atoms with Gasteiger partial charge in [-0.15, -0.1) is 0 Å². The number of nitriles is 1. The molecule has 1 heterocycles. The molecule has 1 aliphatic heterocycles. The van der Waals surface area contributed by atoms with Gasteiger partial charge in [0.15, 0.2) is 0 Å². The maximum absolute atomic E-state index is 14.2. The molecule has 1 fully saturated rings. The summed E-state index contributed by atoms with van der Waals surface area (Å²) in [5, 5.41) is 23.4. The number of nitrogens with one attached hydrogen (secondary N) is 2. The lowest BCUT2D eigenvalue weighted by atomic mass is 10.0. The first-order valence-electron chi connectivity index (χ1n) is 8.63. The molecule has 0 radical (unpaired) electrons. The van der Waals surface area contributed by atoms with Gasteiger partial charge in [0.05, 0.1) is 17.3 Å². The van der Waals surface area contributed by atoms with Crippen molar-refractivity contribution in [3.05, 3.63) is 29.6 Å². The Morgan fingerprint density at radius 3 is 3.04 bits per heavy atom. The highest BCUT2D eigenvalue weighted by Gasteiger charge is 2.23. The summed E-state index contributed by atoms with van der Waals surface area (Å²) in [6, 6.07) is 6.09. The first-order chi connectivity index (χ1) is 12.0. The Morgan fingerprint density at radius 2 is 2.36 bits per heavy atom. The monoisotopic (exact) mass is 348 g/mol. The number of aliphatic hydroxyl groups is 1. The molecular formula is C18H25FN4O2. The fourth-order valence-corrected chi connectivity index (χ4v) is 2.97. The average molecular weight is 348 g/mol. The molecule has 2 rings (SSSR count). The largest absolute Gasteiger partial charge is 0.396 e. The first-order valence-corrected chi connectivity index (χ1v) is 8.63. The Labute approximate surface area is 147 Å². The maximum atomic E-state index is 14.2. The van der Waals surface area contributed by atoms with Gasteiger partial charge in [0.1, 0.15) is 5.82 Å². The van der Waals surface area contributed by atoms with E-state index in [-0.39, 0.29) is 24.6 Å². The number of hydrogen-bond acceptors (Lipinski definition) is 4. The molecule has 0 aliphatic carbocycles. The van der Waals surface area contributed by atoms with Crippen molar-refractivity contribution in [2.24, 2.45) is 5.92 Å². The number of amides is 2. The molecule has 0 aromatic heterocycles. The lowest BCUT2D eigenvalue weighted by Gasteiger charge is -2.35. The van der Waals surface area contributed by atoms with E-state index < -0.39 is 5.82 Å². The molecule has 136 valence electrons. The Balaban J connectivity index is 1.88. The van der Waals surface area contributed by atoms with Crippen LogP contribution in [0.5, 0.6) is 0 Å². The Morgan fingerprint density at radius 1 is 1.56 bits per heavy atom. The standard InChI is InChI=1S/C18H25FN4O2/c1-13(6-8-24)11-21-18(25)22-15-3-2-7-23(12-15)17-5-4-14(10-20)9-16(17)19/h4-5,9,13,15,24H,2-3,6-8,11-12H2,1H3,(H2,21,22,25)/t13-,15-/m0/s1. The fourth-order valence-electron chi connectivity index (χ4n) is 2.97. The third kappa shape index (κ3) is 5.61. The van der Waals surface area contributed by atoms with Gasteiger partial charge in [-0.3, -0.25) is 0 Å². The zero-order valence-corrected chi connectivity index (χ0v) is 14.5. The van der Waals surface area contributed by atoms with Crippen LogP contribution in [0.15, 0.2) is 18.2 Å². The summed E-state index contributed by atoms with van der Waals surface area (Å²) in [7, 11) is 0. The number of urea groups is 1. The lowest BCUT2D eigenvalue weighted by molar-refractivity contribution is 0.229. The number of carbonyl (C=O) groups excluding carboxylic acids is 1. The third-order valence-corrected chi connectivity index (χ3v) is 4.41. The highest BCUT2D eigenvalue weighted by atomic mass is 19.1. The SMILES string of the molecule is C[C@@H](CCO)CNC(=O)N[C@H]1CCCN(c2ccc(C#N)cc2F)C1. The molecule has 2 amide bonds. The van der Waals surface area contributed by atoms with Gasteiger partial charge in [0, 0.05) is 32.3 Å². The van der Waals surface area contributed by atoms with E-state index in [1.54, 1.807) is 12.1 Å². The van der Waals surface area contributed by atoms with Crippen molar-refractivity contribution >= 4 is 11.7 Å². The van der Waals surface area contributed by atoms with E-state index in [1.165, 1.54) is 6.07 Å². The van der Waals surface area contributed by atoms with Crippen LogP contribution in [0.3, 0.4) is 0 Å². The van der Waals surface area contributed by atoms with E-state index >= 15 is 0 Å². The van der Waals surface area contributed by atoms with E-state index in [9.17, 15) is 9.18 Å². The zero-order chi connectivity index (χ0) is 18.2. The summed E-state index contributed by atoms with van der Waals surface area (Å²) in [6.45, 7) is 3.83. The Kier molecular flexibility index (Phi) is 7.02. The van der Waals surface area contributed by atoms with E-state index in [2.05, 4.69) is 10.6 Å². The molecule has 0 saturated carbocycles. The predicted molar refractivity (Wildman–Crippen MR) is 93.8 cm³/mol. The second kappa shape index (κ2) is 9.23. The predicted octanol–water partition coefficient (Wildman–Crippen LogP) is 1.98. The molecule has 1 saturated heterocycles. The molecule has 0 bridgehead atoms. The van der Waals surface area contributed by atoms with Crippen LogP contribution < -0.4 is 15.5 Å². The molecule has 6 nitrogen and oxygen atoms in total. The molecule has 0 unspecified atom stereocenters. The molecule has 1 aliphatic rings. The van der Waals surface area contributed by atoms with E-state index in [4.69, 9.17) is 10.4 Å². The van der Waals surface area contributed by atoms with E-state index in [1.807, 2.05) is 17.9 Å². The van der Waals surface area contributed by atoms with Crippen LogP contribution in [0.1, 0.15) is 31.7 Å². The summed E-state index contributed by atoms with van der Waals surface area (Å²) in [4.78, 5) is 13.9. The molecule has 1 aromatic rings. The second-order valence-electron chi connectivity index (χ2n) is 6.53. The molecule has 1 aromatic carbocycles. The fraction of sp³-hybridized carbons (Fsp3) is 0.556. The summed E-state index contributed by atoms with van der Waals surface area (Å²) in [6.07, 6.45) is 2.34. The summed E-state index contributed by atoms with van der Waals surface area (Å²) in [5.74, 6) is -0.201. The van der Waals surface area contributed by atoms with Crippen LogP contribution >= 0.6 is 0 Å². The number of benzene rings is 1. The van der Waals surface area contributed by atoms with Gasteiger partial charge in [-0.05, 0) is 43.4 Å². The van der Waals surface area contributed by atoms with Crippen molar-refractivity contribution in [1.29, 1.82) is 5.26 Å². The number of halogens is 1. The van der Waals surface area contributed by atoms with E-state index in [0.717, 1.165) is 19.4 Å². The second-order valence-corrected chi connectivity index (χ2v) is 6.53. The van der Waals surface area contributed by atoms with Gasteiger partial charge >= 0.3 is 6.03 Å². The first kappa shape index (κ1) is 19.0. The van der Waals surface area contributed by atoms with Crippen molar-refractivity contribution < 1.29 is 14.3 Å². The van der Waals surface area contributed by atoms with E-state index in [0.29, 0.717) is 30.8 Å². The molecular weight excluding hydrogens is 323 g/mol. The number of carbonyl (C=O) groups is 1. The van der Waals surface area contributed by atoms with Gasteiger partial charge < -0.3 is 20.6 Å². The van der Waals surface area contributed by atoms with Crippen LogP contribution in [0.2, 0.25) is 0 Å². The van der Waals surface area contributed by atoms with Crippen molar-refractivity contribution in [1.82, 2.24) is 10.6 Å². The number of piperidine rings is 1. The number of nitrogens with zero attached hydrogens (tertiary/aromatic N) is 2. The van der Waals surface area contributed by atoms with Crippen molar-refractivity contribution in [2.45, 2.75) is 32.2 Å². The molecule has 7 heteroatoms. The summed E-state index contributed by atoms with van der Waals surface area (Å²) < 4.78 is 14.2. The molecule has 3 N–H and O–H groups in total. The topological polar surface area (TPSA) is 88.4 Å². The van der Waals surface area contributed by atoms with Crippen LogP contribution in [-0.4, -0.2) is 43.4 Å². The molecule has 2 atom stereocenters. The van der Waals surface area contributed by atoms with Gasteiger partial charge in [0.25, 0.3) is 0 Å². The zero-order valence-electron chi connectivity index (χ0n) is 14.5. The number of anilines is 1. The maximum Gasteiger partial charge on any atom is 0.315 e. The number of rotatable bonds is 6. The van der Waals surface area contributed by atoms with Crippen LogP contribution in [0, 0.1) is 23.1 Å². The number of hydrogen-bond donors (Lipinski definition) is 3. The minimum absolute atomic E-state index is 0.0584. The summed E-state index contributed by atoms with van der Waals surface area (Å²) >= 11 is 0. The van der Waals surface area contributed by atoms with Crippen LogP contribution in [0.25, 0.3) is 0 Å².